The second kappa shape index (κ2) is 7.94. The zero-order valence-corrected chi connectivity index (χ0v) is 15.3. The van der Waals surface area contributed by atoms with Crippen LogP contribution in [-0.4, -0.2) is 34.1 Å². The van der Waals surface area contributed by atoms with E-state index in [1.165, 1.54) is 18.2 Å². The minimum absolute atomic E-state index is 0.00671. The highest BCUT2D eigenvalue weighted by Crippen LogP contribution is 2.32. The molecule has 2 aromatic carbocycles. The van der Waals surface area contributed by atoms with Crippen LogP contribution < -0.4 is 19.5 Å². The lowest BCUT2D eigenvalue weighted by Gasteiger charge is -2.18. The van der Waals surface area contributed by atoms with Gasteiger partial charge in [-0.25, -0.2) is 13.1 Å². The van der Waals surface area contributed by atoms with Gasteiger partial charge in [-0.15, -0.1) is 0 Å². The lowest BCUT2D eigenvalue weighted by molar-refractivity contribution is -0.120. The molecule has 2 aromatic rings. The first-order chi connectivity index (χ1) is 12.4. The van der Waals surface area contributed by atoms with Gasteiger partial charge in [-0.1, -0.05) is 23.7 Å². The van der Waals surface area contributed by atoms with Gasteiger partial charge < -0.3 is 14.8 Å². The molecule has 26 heavy (non-hydrogen) atoms. The van der Waals surface area contributed by atoms with E-state index in [2.05, 4.69) is 10.0 Å². The van der Waals surface area contributed by atoms with Crippen LogP contribution in [0.1, 0.15) is 5.56 Å². The van der Waals surface area contributed by atoms with Crippen LogP contribution in [0.2, 0.25) is 5.02 Å². The van der Waals surface area contributed by atoms with Crippen molar-refractivity contribution < 1.29 is 22.7 Å². The highest BCUT2D eigenvalue weighted by molar-refractivity contribution is 7.89. The molecule has 2 N–H and O–H groups in total. The first-order valence-corrected chi connectivity index (χ1v) is 9.71. The summed E-state index contributed by atoms with van der Waals surface area (Å²) in [6.45, 7) is 0.689. The fourth-order valence-corrected chi connectivity index (χ4v) is 3.42. The van der Waals surface area contributed by atoms with Crippen LogP contribution >= 0.6 is 11.6 Å². The average molecular weight is 397 g/mol. The molecular formula is C17H17ClN2O5S. The SMILES string of the molecule is O=C(CNS(=O)(=O)c1ccc2c(c1)OCCO2)NCc1ccc(Cl)cc1. The Hall–Kier alpha value is -2.29. The summed E-state index contributed by atoms with van der Waals surface area (Å²) in [7, 11) is -3.84. The molecule has 1 aliphatic rings. The third-order valence-corrected chi connectivity index (χ3v) is 5.30. The van der Waals surface area contributed by atoms with Crippen LogP contribution in [0.15, 0.2) is 47.4 Å². The van der Waals surface area contributed by atoms with Gasteiger partial charge in [0.05, 0.1) is 11.4 Å². The maximum Gasteiger partial charge on any atom is 0.241 e. The van der Waals surface area contributed by atoms with Gasteiger partial charge in [0, 0.05) is 17.6 Å². The van der Waals surface area contributed by atoms with Gasteiger partial charge in [-0.2, -0.15) is 0 Å². The molecule has 0 atom stereocenters. The summed E-state index contributed by atoms with van der Waals surface area (Å²) in [5.74, 6) is 0.420. The molecule has 0 bridgehead atoms. The molecule has 3 rings (SSSR count). The minimum atomic E-state index is -3.84. The smallest absolute Gasteiger partial charge is 0.241 e. The highest BCUT2D eigenvalue weighted by atomic mass is 35.5. The number of benzene rings is 2. The van der Waals surface area contributed by atoms with Crippen LogP contribution in [-0.2, 0) is 21.4 Å². The van der Waals surface area contributed by atoms with E-state index in [1.54, 1.807) is 24.3 Å². The molecule has 138 valence electrons. The average Bonchev–Trinajstić information content (AvgIpc) is 2.65. The number of ether oxygens (including phenoxy) is 2. The molecule has 0 saturated heterocycles. The maximum atomic E-state index is 12.3. The van der Waals surface area contributed by atoms with Crippen molar-refractivity contribution in [2.24, 2.45) is 0 Å². The summed E-state index contributed by atoms with van der Waals surface area (Å²) in [6.07, 6.45) is 0. The van der Waals surface area contributed by atoms with Crippen LogP contribution in [0.25, 0.3) is 0 Å². The number of sulfonamides is 1. The third-order valence-electron chi connectivity index (χ3n) is 3.65. The molecule has 0 fully saturated rings. The number of amides is 1. The van der Waals surface area contributed by atoms with Gasteiger partial charge in [-0.3, -0.25) is 4.79 Å². The number of fused-ring (bicyclic) bond motifs is 1. The first-order valence-electron chi connectivity index (χ1n) is 7.84. The number of hydrogen-bond donors (Lipinski definition) is 2. The molecular weight excluding hydrogens is 380 g/mol. The van der Waals surface area contributed by atoms with Gasteiger partial charge in [0.2, 0.25) is 15.9 Å². The highest BCUT2D eigenvalue weighted by Gasteiger charge is 2.20. The quantitative estimate of drug-likeness (QED) is 0.775. The van der Waals surface area contributed by atoms with E-state index in [9.17, 15) is 13.2 Å². The minimum Gasteiger partial charge on any atom is -0.486 e. The molecule has 1 amide bonds. The van der Waals surface area contributed by atoms with Crippen LogP contribution in [0.5, 0.6) is 11.5 Å². The fourth-order valence-electron chi connectivity index (χ4n) is 2.30. The van der Waals surface area contributed by atoms with E-state index in [0.29, 0.717) is 29.7 Å². The predicted octanol–water partition coefficient (Wildman–Crippen LogP) is 1.71. The molecule has 1 heterocycles. The number of hydrogen-bond acceptors (Lipinski definition) is 5. The first kappa shape index (κ1) is 18.5. The monoisotopic (exact) mass is 396 g/mol. The Morgan fingerprint density at radius 1 is 1.04 bits per heavy atom. The van der Waals surface area contributed by atoms with Crippen LogP contribution in [0.4, 0.5) is 0 Å². The lowest BCUT2D eigenvalue weighted by atomic mass is 10.2. The Kier molecular flexibility index (Phi) is 5.65. The zero-order valence-electron chi connectivity index (χ0n) is 13.7. The van der Waals surface area contributed by atoms with Crippen molar-refractivity contribution in [1.29, 1.82) is 0 Å². The lowest BCUT2D eigenvalue weighted by Crippen LogP contribution is -2.36. The van der Waals surface area contributed by atoms with Crippen LogP contribution in [0.3, 0.4) is 0 Å². The molecule has 9 heteroatoms. The number of nitrogens with one attached hydrogen (secondary N) is 2. The van der Waals surface area contributed by atoms with Crippen molar-refractivity contribution >= 4 is 27.5 Å². The molecule has 1 aliphatic heterocycles. The summed E-state index contributed by atoms with van der Waals surface area (Å²) in [5, 5.41) is 3.24. The molecule has 7 nitrogen and oxygen atoms in total. The second-order valence-electron chi connectivity index (χ2n) is 5.53. The third kappa shape index (κ3) is 4.66. The van der Waals surface area contributed by atoms with Crippen molar-refractivity contribution in [1.82, 2.24) is 10.0 Å². The topological polar surface area (TPSA) is 93.7 Å². The van der Waals surface area contributed by atoms with Gasteiger partial charge in [0.1, 0.15) is 13.2 Å². The number of halogens is 1. The van der Waals surface area contributed by atoms with Crippen molar-refractivity contribution in [2.45, 2.75) is 11.4 Å². The number of rotatable bonds is 6. The van der Waals surface area contributed by atoms with Crippen molar-refractivity contribution in [2.75, 3.05) is 19.8 Å². The molecule has 0 radical (unpaired) electrons. The van der Waals surface area contributed by atoms with Crippen LogP contribution in [0, 0.1) is 0 Å². The maximum absolute atomic E-state index is 12.3. The Balaban J connectivity index is 1.56. The fraction of sp³-hybridized carbons (Fsp3) is 0.235. The van der Waals surface area contributed by atoms with Crippen molar-refractivity contribution in [3.63, 3.8) is 0 Å². The van der Waals surface area contributed by atoms with Crippen molar-refractivity contribution in [3.8, 4) is 11.5 Å². The summed E-state index contributed by atoms with van der Waals surface area (Å²) < 4.78 is 37.7. The largest absolute Gasteiger partial charge is 0.486 e. The van der Waals surface area contributed by atoms with Gasteiger partial charge in [0.25, 0.3) is 0 Å². The van der Waals surface area contributed by atoms with E-state index in [4.69, 9.17) is 21.1 Å². The molecule has 0 saturated carbocycles. The molecule has 0 spiro atoms. The summed E-state index contributed by atoms with van der Waals surface area (Å²) in [6, 6.07) is 11.3. The summed E-state index contributed by atoms with van der Waals surface area (Å²) >= 11 is 5.80. The zero-order chi connectivity index (χ0) is 18.6. The summed E-state index contributed by atoms with van der Waals surface area (Å²) in [4.78, 5) is 11.9. The van der Waals surface area contributed by atoms with E-state index >= 15 is 0 Å². The number of carbonyl (C=O) groups excluding carboxylic acids is 1. The Morgan fingerprint density at radius 3 is 2.46 bits per heavy atom. The second-order valence-corrected chi connectivity index (χ2v) is 7.74. The number of carbonyl (C=O) groups is 1. The van der Waals surface area contributed by atoms with Gasteiger partial charge in [-0.05, 0) is 29.8 Å². The van der Waals surface area contributed by atoms with E-state index in [1.807, 2.05) is 0 Å². The molecule has 0 unspecified atom stereocenters. The van der Waals surface area contributed by atoms with Crippen molar-refractivity contribution in [3.05, 3.63) is 53.1 Å². The summed E-state index contributed by atoms with van der Waals surface area (Å²) in [5.41, 5.74) is 0.859. The van der Waals surface area contributed by atoms with Gasteiger partial charge in [0.15, 0.2) is 11.5 Å². The Morgan fingerprint density at radius 2 is 1.73 bits per heavy atom. The predicted molar refractivity (Wildman–Crippen MR) is 95.9 cm³/mol. The standard InChI is InChI=1S/C17H17ClN2O5S/c18-13-3-1-12(2-4-13)10-19-17(21)11-20-26(22,23)14-5-6-15-16(9-14)25-8-7-24-15/h1-6,9,20H,7-8,10-11H2,(H,19,21). The molecule has 0 aliphatic carbocycles. The van der Waals surface area contributed by atoms with E-state index < -0.39 is 15.9 Å². The molecule has 0 aromatic heterocycles. The van der Waals surface area contributed by atoms with E-state index in [-0.39, 0.29) is 18.0 Å². The Labute approximate surface area is 156 Å². The van der Waals surface area contributed by atoms with E-state index in [0.717, 1.165) is 5.56 Å². The normalized spacial score (nSPS) is 13.3. The van der Waals surface area contributed by atoms with Gasteiger partial charge >= 0.3 is 0 Å². The Bertz CT molecular complexity index is 900.